The minimum Gasteiger partial charge on any atom is -0.306 e. The van der Waals surface area contributed by atoms with Crippen molar-refractivity contribution >= 4 is 10.0 Å². The average Bonchev–Trinajstić information content (AvgIpc) is 1.86. The molecule has 1 aliphatic heterocycles. The van der Waals surface area contributed by atoms with Gasteiger partial charge in [0.1, 0.15) is 0 Å². The molecule has 1 saturated heterocycles. The van der Waals surface area contributed by atoms with Crippen LogP contribution in [0.4, 0.5) is 0 Å². The largest absolute Gasteiger partial charge is 0.306 e. The van der Waals surface area contributed by atoms with Crippen LogP contribution in [-0.2, 0) is 0 Å². The van der Waals surface area contributed by atoms with Gasteiger partial charge in [0.2, 0.25) is 0 Å². The topological polar surface area (TPSA) is 3.24 Å². The molecule has 68 valence electrons. The summed E-state index contributed by atoms with van der Waals surface area (Å²) in [5.41, 5.74) is 0. The highest BCUT2D eigenvalue weighted by atomic mass is 32.3. The lowest BCUT2D eigenvalue weighted by Gasteiger charge is -2.41. The van der Waals surface area contributed by atoms with E-state index in [1.165, 1.54) is 25.9 Å². The molecule has 1 rings (SSSR count). The first-order valence-corrected chi connectivity index (χ1v) is 7.28. The molecule has 1 fully saturated rings. The van der Waals surface area contributed by atoms with Gasteiger partial charge in [0.15, 0.2) is 0 Å². The molecule has 0 spiro atoms. The maximum absolute atomic E-state index is 2.45. The van der Waals surface area contributed by atoms with Gasteiger partial charge in [-0.2, -0.15) is 0 Å². The van der Waals surface area contributed by atoms with Crippen LogP contribution >= 0.6 is 10.0 Å². The number of hydrogen-bond donors (Lipinski definition) is 0. The van der Waals surface area contributed by atoms with Crippen LogP contribution in [0.25, 0.3) is 0 Å². The molecule has 1 heterocycles. The third kappa shape index (κ3) is 2.68. The summed E-state index contributed by atoms with van der Waals surface area (Å²) in [7, 11) is 1.95. The van der Waals surface area contributed by atoms with E-state index in [0.29, 0.717) is 0 Å². The van der Waals surface area contributed by atoms with Crippen LogP contribution in [0.1, 0.15) is 12.8 Å². The summed E-state index contributed by atoms with van der Waals surface area (Å²) >= 11 is 0. The van der Waals surface area contributed by atoms with Crippen molar-refractivity contribution in [2.45, 2.75) is 18.1 Å². The Labute approximate surface area is 72.5 Å². The molecule has 0 saturated carbocycles. The molecule has 0 aromatic carbocycles. The molecule has 0 aliphatic carbocycles. The highest BCUT2D eigenvalue weighted by Crippen LogP contribution is 2.45. The second kappa shape index (κ2) is 3.36. The standard InChI is InChI=1S/C9H21NS/c1-10-7-5-9(6-8-10)11(2,3)4/h9H,5-8H2,1-4H3. The maximum atomic E-state index is 2.45. The van der Waals surface area contributed by atoms with Gasteiger partial charge in [-0.15, -0.1) is 0 Å². The molecule has 1 nitrogen and oxygen atoms in total. The molecule has 0 radical (unpaired) electrons. The second-order valence-corrected chi connectivity index (χ2v) is 8.96. The van der Waals surface area contributed by atoms with E-state index in [0.717, 1.165) is 5.25 Å². The van der Waals surface area contributed by atoms with Crippen LogP contribution in [0.3, 0.4) is 0 Å². The second-order valence-electron chi connectivity index (χ2n) is 4.43. The van der Waals surface area contributed by atoms with E-state index in [9.17, 15) is 0 Å². The Bertz CT molecular complexity index is 120. The number of likely N-dealkylation sites (tertiary alicyclic amines) is 1. The number of piperidine rings is 1. The lowest BCUT2D eigenvalue weighted by Crippen LogP contribution is -2.34. The molecule has 0 amide bonds. The Kier molecular flexibility index (Phi) is 2.87. The molecule has 0 aromatic rings. The van der Waals surface area contributed by atoms with Gasteiger partial charge >= 0.3 is 0 Å². The van der Waals surface area contributed by atoms with Gasteiger partial charge in [0, 0.05) is 0 Å². The van der Waals surface area contributed by atoms with Gasteiger partial charge in [-0.1, -0.05) is 0 Å². The van der Waals surface area contributed by atoms with E-state index in [-0.39, 0.29) is 10.0 Å². The van der Waals surface area contributed by atoms with Crippen LogP contribution in [0.5, 0.6) is 0 Å². The average molecular weight is 175 g/mol. The van der Waals surface area contributed by atoms with Crippen molar-refractivity contribution in [2.24, 2.45) is 0 Å². The predicted octanol–water partition coefficient (Wildman–Crippen LogP) is 1.77. The van der Waals surface area contributed by atoms with E-state index >= 15 is 0 Å². The minimum atomic E-state index is -0.276. The Morgan fingerprint density at radius 2 is 1.55 bits per heavy atom. The SMILES string of the molecule is CN1CCC(S(C)(C)C)CC1. The first-order chi connectivity index (χ1) is 5.00. The molecule has 0 bridgehead atoms. The fourth-order valence-electron chi connectivity index (χ4n) is 1.69. The van der Waals surface area contributed by atoms with Crippen molar-refractivity contribution < 1.29 is 0 Å². The van der Waals surface area contributed by atoms with Crippen molar-refractivity contribution in [1.29, 1.82) is 0 Å². The Balaban J connectivity index is 2.39. The Hall–Kier alpha value is 0.310. The molecule has 0 aromatic heterocycles. The highest BCUT2D eigenvalue weighted by Gasteiger charge is 2.23. The molecule has 0 unspecified atom stereocenters. The summed E-state index contributed by atoms with van der Waals surface area (Å²) < 4.78 is 0. The van der Waals surface area contributed by atoms with Crippen molar-refractivity contribution in [3.05, 3.63) is 0 Å². The van der Waals surface area contributed by atoms with Crippen molar-refractivity contribution in [1.82, 2.24) is 4.90 Å². The van der Waals surface area contributed by atoms with Crippen LogP contribution in [0.15, 0.2) is 0 Å². The first kappa shape index (κ1) is 9.40. The zero-order valence-corrected chi connectivity index (χ0v) is 9.08. The van der Waals surface area contributed by atoms with Crippen LogP contribution in [0, 0.1) is 0 Å². The smallest absolute Gasteiger partial charge is 0.00118 e. The molecular weight excluding hydrogens is 154 g/mol. The predicted molar refractivity (Wildman–Crippen MR) is 55.9 cm³/mol. The number of nitrogens with zero attached hydrogens (tertiary/aromatic N) is 1. The van der Waals surface area contributed by atoms with Crippen LogP contribution in [-0.4, -0.2) is 49.1 Å². The van der Waals surface area contributed by atoms with Gasteiger partial charge in [0.25, 0.3) is 0 Å². The maximum Gasteiger partial charge on any atom is -0.00118 e. The third-order valence-corrected chi connectivity index (χ3v) is 5.14. The van der Waals surface area contributed by atoms with E-state index in [4.69, 9.17) is 0 Å². The number of hydrogen-bond acceptors (Lipinski definition) is 1. The van der Waals surface area contributed by atoms with E-state index < -0.39 is 0 Å². The van der Waals surface area contributed by atoms with Gasteiger partial charge in [-0.05, 0) is 57.0 Å². The fourth-order valence-corrected chi connectivity index (χ4v) is 3.32. The summed E-state index contributed by atoms with van der Waals surface area (Å²) in [4.78, 5) is 2.45. The number of rotatable bonds is 1. The Morgan fingerprint density at radius 3 is 1.91 bits per heavy atom. The van der Waals surface area contributed by atoms with Crippen LogP contribution < -0.4 is 0 Å². The van der Waals surface area contributed by atoms with E-state index in [1.54, 1.807) is 0 Å². The molecule has 11 heavy (non-hydrogen) atoms. The molecule has 0 atom stereocenters. The zero-order chi connectivity index (χ0) is 8.48. The molecule has 2 heteroatoms. The summed E-state index contributed by atoms with van der Waals surface area (Å²) in [6.45, 7) is 2.63. The van der Waals surface area contributed by atoms with Crippen LogP contribution in [0.2, 0.25) is 0 Å². The van der Waals surface area contributed by atoms with Gasteiger partial charge < -0.3 is 4.90 Å². The van der Waals surface area contributed by atoms with Gasteiger partial charge in [-0.3, -0.25) is 0 Å². The minimum absolute atomic E-state index is 0.276. The Morgan fingerprint density at radius 1 is 1.09 bits per heavy atom. The summed E-state index contributed by atoms with van der Waals surface area (Å²) in [6.07, 6.45) is 10.2. The normalized spacial score (nSPS) is 25.5. The lowest BCUT2D eigenvalue weighted by molar-refractivity contribution is 0.281. The summed E-state index contributed by atoms with van der Waals surface area (Å²) in [5, 5.41) is 1.03. The monoisotopic (exact) mass is 175 g/mol. The molecule has 1 aliphatic rings. The highest BCUT2D eigenvalue weighted by molar-refractivity contribution is 8.32. The van der Waals surface area contributed by atoms with Gasteiger partial charge in [-0.25, -0.2) is 10.0 Å². The quantitative estimate of drug-likeness (QED) is 0.587. The van der Waals surface area contributed by atoms with Crippen molar-refractivity contribution in [3.63, 3.8) is 0 Å². The van der Waals surface area contributed by atoms with E-state index in [1.807, 2.05) is 0 Å². The lowest BCUT2D eigenvalue weighted by atomic mass is 10.1. The molecular formula is C9H21NS. The summed E-state index contributed by atoms with van der Waals surface area (Å²) in [5.74, 6) is 0. The zero-order valence-electron chi connectivity index (χ0n) is 8.26. The fraction of sp³-hybridized carbons (Fsp3) is 1.00. The third-order valence-electron chi connectivity index (χ3n) is 2.67. The van der Waals surface area contributed by atoms with Crippen molar-refractivity contribution in [3.8, 4) is 0 Å². The first-order valence-electron chi connectivity index (χ1n) is 4.36. The summed E-state index contributed by atoms with van der Waals surface area (Å²) in [6, 6.07) is 0. The van der Waals surface area contributed by atoms with E-state index in [2.05, 4.69) is 30.7 Å². The molecule has 0 N–H and O–H groups in total. The van der Waals surface area contributed by atoms with Crippen molar-refractivity contribution in [2.75, 3.05) is 38.9 Å². The van der Waals surface area contributed by atoms with Gasteiger partial charge in [0.05, 0.1) is 0 Å².